The molecule has 2 atom stereocenters. The van der Waals surface area contributed by atoms with E-state index in [0.29, 0.717) is 16.3 Å². The van der Waals surface area contributed by atoms with Crippen LogP contribution in [0.5, 0.6) is 0 Å². The second-order valence-corrected chi connectivity index (χ2v) is 9.54. The number of carbonyl (C=O) groups excluding carboxylic acids is 3. The second kappa shape index (κ2) is 15.2. The van der Waals surface area contributed by atoms with Crippen LogP contribution in [0.4, 0.5) is 19.4 Å². The molecule has 6 N–H and O–H groups in total. The van der Waals surface area contributed by atoms with Crippen LogP contribution >= 0.6 is 11.6 Å². The lowest BCUT2D eigenvalue weighted by molar-refractivity contribution is -0.137. The maximum atomic E-state index is 13.9. The molecule has 1 aromatic heterocycles. The first kappa shape index (κ1) is 31.6. The summed E-state index contributed by atoms with van der Waals surface area (Å²) >= 11 is 6.03. The highest BCUT2D eigenvalue weighted by Crippen LogP contribution is 2.20. The molecule has 3 amide bonds. The van der Waals surface area contributed by atoms with Crippen molar-refractivity contribution < 1.29 is 33.0 Å². The molecule has 220 valence electrons. The molecule has 41 heavy (non-hydrogen) atoms. The Morgan fingerprint density at radius 3 is 2.68 bits per heavy atom. The number of aliphatic hydroxyl groups is 1. The van der Waals surface area contributed by atoms with Crippen LogP contribution in [0.1, 0.15) is 25.3 Å². The Kier molecular flexibility index (Phi) is 11.7. The first-order valence-electron chi connectivity index (χ1n) is 12.7. The SMILES string of the molecule is CC(=O)N(NCc1cccc(F)c1Cl)[C@@H](CCC(=O)NC[C@@H](N)CO)COC(=O)Nc1cc2cc(F)ccc2cn1. The molecule has 0 fully saturated rings. The molecule has 3 rings (SSSR count). The number of amides is 3. The monoisotopic (exact) mass is 592 g/mol. The van der Waals surface area contributed by atoms with Gasteiger partial charge in [-0.3, -0.25) is 19.9 Å². The zero-order chi connectivity index (χ0) is 29.9. The number of nitrogens with zero attached hydrogens (tertiary/aromatic N) is 2. The second-order valence-electron chi connectivity index (χ2n) is 9.16. The summed E-state index contributed by atoms with van der Waals surface area (Å²) in [5, 5.41) is 16.3. The van der Waals surface area contributed by atoms with Gasteiger partial charge in [-0.15, -0.1) is 0 Å². The first-order valence-corrected chi connectivity index (χ1v) is 13.0. The molecule has 0 aliphatic rings. The van der Waals surface area contributed by atoms with Crippen molar-refractivity contribution in [3.8, 4) is 0 Å². The number of carbonyl (C=O) groups is 3. The van der Waals surface area contributed by atoms with Gasteiger partial charge in [-0.05, 0) is 47.7 Å². The number of nitrogens with one attached hydrogen (secondary N) is 3. The van der Waals surface area contributed by atoms with E-state index in [0.717, 1.165) is 0 Å². The number of hydrogen-bond acceptors (Lipinski definition) is 8. The van der Waals surface area contributed by atoms with Crippen molar-refractivity contribution in [3.63, 3.8) is 0 Å². The molecule has 1 heterocycles. The quantitative estimate of drug-likeness (QED) is 0.190. The fourth-order valence-corrected chi connectivity index (χ4v) is 4.02. The number of aliphatic hydroxyl groups excluding tert-OH is 1. The summed E-state index contributed by atoms with van der Waals surface area (Å²) in [6, 6.07) is 8.41. The van der Waals surface area contributed by atoms with Crippen LogP contribution in [-0.4, -0.2) is 64.8 Å². The van der Waals surface area contributed by atoms with Crippen molar-refractivity contribution in [2.45, 2.75) is 38.4 Å². The van der Waals surface area contributed by atoms with E-state index >= 15 is 0 Å². The summed E-state index contributed by atoms with van der Waals surface area (Å²) in [5.74, 6) is -1.81. The molecule has 3 aromatic rings. The standard InChI is InChI=1S/C27H31ClF2N6O5/c1-16(38)36(34-12-18-3-2-4-23(30)26(18)28)22(7-8-25(39)33-13-21(31)14-37)15-41-27(40)35-24-10-19-9-20(29)6-5-17(19)11-32-24/h2-6,9-11,21-22,34,37H,7-8,12-15,31H2,1H3,(H,33,39)(H,32,35,40)/t21-,22+/m1/s1. The molecule has 0 bridgehead atoms. The fourth-order valence-electron chi connectivity index (χ4n) is 3.83. The smallest absolute Gasteiger partial charge is 0.412 e. The average molecular weight is 593 g/mol. The topological polar surface area (TPSA) is 159 Å². The van der Waals surface area contributed by atoms with Crippen molar-refractivity contribution >= 4 is 46.1 Å². The summed E-state index contributed by atoms with van der Waals surface area (Å²) in [4.78, 5) is 41.6. The number of halogens is 3. The lowest BCUT2D eigenvalue weighted by Gasteiger charge is -2.31. The van der Waals surface area contributed by atoms with Crippen molar-refractivity contribution in [2.24, 2.45) is 5.73 Å². The summed E-state index contributed by atoms with van der Waals surface area (Å²) in [5.41, 5.74) is 8.87. The highest BCUT2D eigenvalue weighted by Gasteiger charge is 2.25. The van der Waals surface area contributed by atoms with Crippen LogP contribution in [0, 0.1) is 11.6 Å². The largest absolute Gasteiger partial charge is 0.447 e. The molecule has 0 aliphatic carbocycles. The Labute approximate surface area is 240 Å². The van der Waals surface area contributed by atoms with Gasteiger partial charge in [0.05, 0.1) is 17.7 Å². The van der Waals surface area contributed by atoms with Crippen LogP contribution < -0.4 is 21.8 Å². The van der Waals surface area contributed by atoms with E-state index in [-0.39, 0.29) is 50.0 Å². The molecular formula is C27H31ClF2N6O5. The summed E-state index contributed by atoms with van der Waals surface area (Å²) in [6.07, 6.45) is 0.559. The van der Waals surface area contributed by atoms with Gasteiger partial charge < -0.3 is 20.9 Å². The summed E-state index contributed by atoms with van der Waals surface area (Å²) < 4.78 is 32.8. The van der Waals surface area contributed by atoms with Crippen molar-refractivity contribution in [1.82, 2.24) is 20.7 Å². The van der Waals surface area contributed by atoms with Gasteiger partial charge in [-0.2, -0.15) is 0 Å². The number of hydrazine groups is 1. The minimum atomic E-state index is -0.895. The van der Waals surface area contributed by atoms with Gasteiger partial charge in [0, 0.05) is 44.1 Å². The lowest BCUT2D eigenvalue weighted by Crippen LogP contribution is -2.51. The Balaban J connectivity index is 1.69. The summed E-state index contributed by atoms with van der Waals surface area (Å²) in [7, 11) is 0. The fraction of sp³-hybridized carbons (Fsp3) is 0.333. The Hall–Kier alpha value is -3.91. The number of ether oxygens (including phenoxy) is 1. The Morgan fingerprint density at radius 2 is 1.95 bits per heavy atom. The molecule has 0 saturated carbocycles. The van der Waals surface area contributed by atoms with Gasteiger partial charge in [0.1, 0.15) is 24.1 Å². The van der Waals surface area contributed by atoms with E-state index in [9.17, 15) is 23.2 Å². The van der Waals surface area contributed by atoms with Gasteiger partial charge in [-0.1, -0.05) is 23.7 Å². The van der Waals surface area contributed by atoms with E-state index in [2.05, 4.69) is 21.0 Å². The van der Waals surface area contributed by atoms with Gasteiger partial charge in [0.2, 0.25) is 11.8 Å². The lowest BCUT2D eigenvalue weighted by atomic mass is 10.1. The third kappa shape index (κ3) is 9.60. The minimum absolute atomic E-state index is 0.0337. The molecular weight excluding hydrogens is 562 g/mol. The summed E-state index contributed by atoms with van der Waals surface area (Å²) in [6.45, 7) is 0.645. The van der Waals surface area contributed by atoms with Gasteiger partial charge >= 0.3 is 6.09 Å². The molecule has 0 unspecified atom stereocenters. The highest BCUT2D eigenvalue weighted by molar-refractivity contribution is 6.31. The van der Waals surface area contributed by atoms with E-state index in [4.69, 9.17) is 27.2 Å². The van der Waals surface area contributed by atoms with Crippen molar-refractivity contribution in [2.75, 3.05) is 25.1 Å². The average Bonchev–Trinajstić information content (AvgIpc) is 2.94. The van der Waals surface area contributed by atoms with Crippen molar-refractivity contribution in [3.05, 3.63) is 70.9 Å². The molecule has 0 radical (unpaired) electrons. The van der Waals surface area contributed by atoms with Crippen LogP contribution in [-0.2, 0) is 20.9 Å². The zero-order valence-corrected chi connectivity index (χ0v) is 23.0. The first-order chi connectivity index (χ1) is 19.6. The number of nitrogens with two attached hydrogens (primary N) is 1. The maximum absolute atomic E-state index is 13.9. The number of hydrogen-bond donors (Lipinski definition) is 5. The Bertz CT molecular complexity index is 1380. The Morgan fingerprint density at radius 1 is 1.17 bits per heavy atom. The van der Waals surface area contributed by atoms with Crippen LogP contribution in [0.2, 0.25) is 5.02 Å². The number of pyridine rings is 1. The molecule has 0 spiro atoms. The zero-order valence-electron chi connectivity index (χ0n) is 22.2. The van der Waals surface area contributed by atoms with E-state index in [1.807, 2.05) is 0 Å². The van der Waals surface area contributed by atoms with Gasteiger partial charge in [0.15, 0.2) is 0 Å². The molecule has 14 heteroatoms. The number of rotatable bonds is 13. The van der Waals surface area contributed by atoms with Crippen LogP contribution in [0.3, 0.4) is 0 Å². The van der Waals surface area contributed by atoms with E-state index in [1.54, 1.807) is 12.1 Å². The normalized spacial score (nSPS) is 12.4. The number of fused-ring (bicyclic) bond motifs is 1. The predicted molar refractivity (Wildman–Crippen MR) is 149 cm³/mol. The third-order valence-corrected chi connectivity index (χ3v) is 6.42. The molecule has 0 saturated heterocycles. The number of benzene rings is 2. The van der Waals surface area contributed by atoms with Gasteiger partial charge in [-0.25, -0.2) is 24.0 Å². The molecule has 2 aromatic carbocycles. The van der Waals surface area contributed by atoms with Crippen molar-refractivity contribution in [1.29, 1.82) is 0 Å². The van der Waals surface area contributed by atoms with Gasteiger partial charge in [0.25, 0.3) is 0 Å². The molecule has 11 nitrogen and oxygen atoms in total. The maximum Gasteiger partial charge on any atom is 0.412 e. The van der Waals surface area contributed by atoms with Crippen LogP contribution in [0.25, 0.3) is 10.8 Å². The predicted octanol–water partition coefficient (Wildman–Crippen LogP) is 2.85. The highest BCUT2D eigenvalue weighted by atomic mass is 35.5. The number of anilines is 1. The van der Waals surface area contributed by atoms with E-state index < -0.39 is 41.6 Å². The van der Waals surface area contributed by atoms with Crippen LogP contribution in [0.15, 0.2) is 48.7 Å². The third-order valence-electron chi connectivity index (χ3n) is 6.00. The number of aromatic nitrogens is 1. The van der Waals surface area contributed by atoms with E-state index in [1.165, 1.54) is 48.5 Å². The molecule has 0 aliphatic heterocycles. The minimum Gasteiger partial charge on any atom is -0.447 e.